The van der Waals surface area contributed by atoms with E-state index in [-0.39, 0.29) is 43.5 Å². The number of ether oxygens (including phenoxy) is 3. The van der Waals surface area contributed by atoms with Crippen molar-refractivity contribution in [2.45, 2.75) is 70.1 Å². The fourth-order valence-electron chi connectivity index (χ4n) is 7.40. The standard InChI is InChI=1S/C22H23N3O4.C20H21N3O3/c1-15(26)29-19-11-18(10-17-12-24-21-20(17)8-5-9-23-21)25(13-19)22(27)28-14-16-6-3-2-4-7-16;24-17-10-16(9-15-11-22-19-18(15)7-4-8-21-19)23(12-17)20(25)26-13-14-5-2-1-3-6-14/h2-9,12,18-19H,10-11,13-14H2,1H3,(H,23,24);1-8,11,16-17,24H,9-10,12-13H2,(H,21,22)/t18-,19+;16-,17+/m11/s1. The third kappa shape index (κ3) is 9.30. The van der Waals surface area contributed by atoms with Gasteiger partial charge in [-0.3, -0.25) is 4.79 Å². The molecule has 3 N–H and O–H groups in total. The highest BCUT2D eigenvalue weighted by Crippen LogP contribution is 2.28. The second-order valence-corrected chi connectivity index (χ2v) is 13.9. The van der Waals surface area contributed by atoms with Crippen molar-refractivity contribution in [3.05, 3.63) is 132 Å². The van der Waals surface area contributed by atoms with E-state index in [1.54, 1.807) is 22.2 Å². The average Bonchev–Trinajstić information content (AvgIpc) is 4.00. The van der Waals surface area contributed by atoms with Crippen molar-refractivity contribution in [2.24, 2.45) is 0 Å². The third-order valence-corrected chi connectivity index (χ3v) is 9.97. The number of hydrogen-bond donors (Lipinski definition) is 3. The first-order chi connectivity index (χ1) is 26.8. The van der Waals surface area contributed by atoms with Gasteiger partial charge in [0.2, 0.25) is 0 Å². The Balaban J connectivity index is 0.000000170. The number of esters is 1. The number of aromatic amines is 2. The number of carbonyl (C=O) groups is 3. The van der Waals surface area contributed by atoms with Crippen LogP contribution in [0.5, 0.6) is 0 Å². The number of carbonyl (C=O) groups excluding carboxylic acids is 3. The van der Waals surface area contributed by atoms with Gasteiger partial charge in [-0.05, 0) is 65.8 Å². The minimum absolute atomic E-state index is 0.0903. The molecule has 0 saturated carbocycles. The summed E-state index contributed by atoms with van der Waals surface area (Å²) in [7, 11) is 0. The van der Waals surface area contributed by atoms with Crippen LogP contribution in [-0.2, 0) is 45.1 Å². The molecule has 55 heavy (non-hydrogen) atoms. The number of nitrogens with zero attached hydrogens (tertiary/aromatic N) is 4. The van der Waals surface area contributed by atoms with Crippen molar-refractivity contribution in [1.29, 1.82) is 0 Å². The molecule has 0 unspecified atom stereocenters. The van der Waals surface area contributed by atoms with Crippen LogP contribution in [0.3, 0.4) is 0 Å². The number of aliphatic hydroxyl groups is 1. The summed E-state index contributed by atoms with van der Waals surface area (Å²) in [5.74, 6) is -0.343. The van der Waals surface area contributed by atoms with Gasteiger partial charge in [-0.15, -0.1) is 0 Å². The molecule has 2 aliphatic rings. The molecule has 6 heterocycles. The van der Waals surface area contributed by atoms with Gasteiger partial charge in [-0.1, -0.05) is 60.7 Å². The van der Waals surface area contributed by atoms with Gasteiger partial charge < -0.3 is 39.1 Å². The summed E-state index contributed by atoms with van der Waals surface area (Å²) in [5.41, 5.74) is 5.68. The lowest BCUT2D eigenvalue weighted by atomic mass is 10.0. The van der Waals surface area contributed by atoms with E-state index >= 15 is 0 Å². The molecule has 2 fully saturated rings. The fourth-order valence-corrected chi connectivity index (χ4v) is 7.40. The molecule has 2 aliphatic heterocycles. The maximum atomic E-state index is 12.8. The van der Waals surface area contributed by atoms with Crippen LogP contribution in [-0.4, -0.2) is 90.4 Å². The van der Waals surface area contributed by atoms with Crippen molar-refractivity contribution >= 4 is 40.2 Å². The number of nitrogens with one attached hydrogen (secondary N) is 2. The second-order valence-electron chi connectivity index (χ2n) is 13.9. The van der Waals surface area contributed by atoms with Gasteiger partial charge in [0.25, 0.3) is 0 Å². The number of rotatable bonds is 9. The third-order valence-electron chi connectivity index (χ3n) is 9.97. The molecule has 13 heteroatoms. The highest BCUT2D eigenvalue weighted by atomic mass is 16.6. The summed E-state index contributed by atoms with van der Waals surface area (Å²) in [6, 6.07) is 26.7. The molecule has 13 nitrogen and oxygen atoms in total. The highest BCUT2D eigenvalue weighted by Gasteiger charge is 2.38. The minimum Gasteiger partial charge on any atom is -0.461 e. The predicted molar refractivity (Wildman–Crippen MR) is 205 cm³/mol. The molecule has 0 spiro atoms. The van der Waals surface area contributed by atoms with Crippen molar-refractivity contribution in [1.82, 2.24) is 29.7 Å². The summed E-state index contributed by atoms with van der Waals surface area (Å²) >= 11 is 0. The first kappa shape index (κ1) is 37.1. The van der Waals surface area contributed by atoms with Gasteiger partial charge >= 0.3 is 18.2 Å². The number of likely N-dealkylation sites (tertiary alicyclic amines) is 2. The number of pyridine rings is 2. The first-order valence-corrected chi connectivity index (χ1v) is 18.4. The van der Waals surface area contributed by atoms with Crippen LogP contribution in [0.25, 0.3) is 22.1 Å². The zero-order valence-corrected chi connectivity index (χ0v) is 30.5. The Bertz CT molecular complexity index is 2210. The Morgan fingerprint density at radius 1 is 0.691 bits per heavy atom. The quantitative estimate of drug-likeness (QED) is 0.114. The Morgan fingerprint density at radius 3 is 1.69 bits per heavy atom. The van der Waals surface area contributed by atoms with E-state index in [0.717, 1.165) is 44.3 Å². The number of fused-ring (bicyclic) bond motifs is 2. The average molecular weight is 745 g/mol. The molecule has 0 aliphatic carbocycles. The van der Waals surface area contributed by atoms with Crippen LogP contribution >= 0.6 is 0 Å². The smallest absolute Gasteiger partial charge is 0.410 e. The molecule has 0 bridgehead atoms. The Hall–Kier alpha value is -6.21. The molecular formula is C42H44N6O7. The topological polar surface area (TPSA) is 163 Å². The molecule has 6 aromatic rings. The molecule has 0 radical (unpaired) electrons. The van der Waals surface area contributed by atoms with Gasteiger partial charge in [0.15, 0.2) is 0 Å². The van der Waals surface area contributed by atoms with Crippen molar-refractivity contribution in [2.75, 3.05) is 13.1 Å². The zero-order chi connectivity index (χ0) is 38.1. The fraction of sp³-hybridized carbons (Fsp3) is 0.310. The Labute approximate surface area is 318 Å². The van der Waals surface area contributed by atoms with Gasteiger partial charge in [-0.2, -0.15) is 0 Å². The monoisotopic (exact) mass is 744 g/mol. The van der Waals surface area contributed by atoms with Crippen LogP contribution in [0.2, 0.25) is 0 Å². The first-order valence-electron chi connectivity index (χ1n) is 18.4. The van der Waals surface area contributed by atoms with Crippen molar-refractivity contribution < 1.29 is 33.7 Å². The molecule has 4 atom stereocenters. The van der Waals surface area contributed by atoms with E-state index in [0.29, 0.717) is 38.8 Å². The normalized spacial score (nSPS) is 19.2. The van der Waals surface area contributed by atoms with Crippen LogP contribution in [0.15, 0.2) is 110 Å². The van der Waals surface area contributed by atoms with Crippen LogP contribution in [0.1, 0.15) is 42.0 Å². The number of aliphatic hydroxyl groups excluding tert-OH is 1. The van der Waals surface area contributed by atoms with Crippen LogP contribution in [0.4, 0.5) is 9.59 Å². The van der Waals surface area contributed by atoms with Crippen molar-refractivity contribution in [3.63, 3.8) is 0 Å². The Kier molecular flexibility index (Phi) is 11.7. The van der Waals surface area contributed by atoms with Gasteiger partial charge in [0.05, 0.1) is 19.2 Å². The van der Waals surface area contributed by atoms with E-state index in [4.69, 9.17) is 14.2 Å². The van der Waals surface area contributed by atoms with Crippen molar-refractivity contribution in [3.8, 4) is 0 Å². The lowest BCUT2D eigenvalue weighted by molar-refractivity contribution is -0.145. The molecule has 2 amide bonds. The number of β-amino-alcohol motifs (C(OH)–C–C–N with tert-alkyl or cyclic N) is 1. The molecule has 2 saturated heterocycles. The number of aromatic nitrogens is 4. The van der Waals surface area contributed by atoms with E-state index in [1.807, 2.05) is 97.3 Å². The largest absolute Gasteiger partial charge is 0.461 e. The molecule has 284 valence electrons. The summed E-state index contributed by atoms with van der Waals surface area (Å²) in [6.45, 7) is 2.46. The van der Waals surface area contributed by atoms with Crippen LogP contribution in [0, 0.1) is 0 Å². The zero-order valence-electron chi connectivity index (χ0n) is 30.5. The molecule has 8 rings (SSSR count). The van der Waals surface area contributed by atoms with Gasteiger partial charge in [-0.25, -0.2) is 19.6 Å². The number of hydrogen-bond acceptors (Lipinski definition) is 9. The number of H-pyrrole nitrogens is 2. The van der Waals surface area contributed by atoms with E-state index in [1.165, 1.54) is 6.92 Å². The lowest BCUT2D eigenvalue weighted by Gasteiger charge is -2.23. The minimum atomic E-state index is -0.521. The summed E-state index contributed by atoms with van der Waals surface area (Å²) in [5, 5.41) is 12.2. The van der Waals surface area contributed by atoms with Crippen LogP contribution < -0.4 is 0 Å². The Morgan fingerprint density at radius 2 is 1.18 bits per heavy atom. The molecular weight excluding hydrogens is 700 g/mol. The van der Waals surface area contributed by atoms with E-state index in [2.05, 4.69) is 19.9 Å². The highest BCUT2D eigenvalue weighted by molar-refractivity contribution is 5.80. The molecule has 2 aromatic carbocycles. The van der Waals surface area contributed by atoms with Gasteiger partial charge in [0, 0.05) is 61.0 Å². The SMILES string of the molecule is CC(=O)O[C@H]1C[C@@H](Cc2c[nH]c3ncccc23)N(C(=O)OCc2ccccc2)C1.O=C(OCc1ccccc1)N1C[C@@H](O)C[C@H]1Cc1c[nH]c2ncccc12. The second kappa shape index (κ2) is 17.3. The van der Waals surface area contributed by atoms with E-state index in [9.17, 15) is 19.5 Å². The number of benzene rings is 2. The summed E-state index contributed by atoms with van der Waals surface area (Å²) in [4.78, 5) is 55.0. The molecule has 4 aromatic heterocycles. The lowest BCUT2D eigenvalue weighted by Crippen LogP contribution is -2.37. The maximum absolute atomic E-state index is 12.8. The van der Waals surface area contributed by atoms with Gasteiger partial charge in [0.1, 0.15) is 30.6 Å². The maximum Gasteiger partial charge on any atom is 0.410 e. The summed E-state index contributed by atoms with van der Waals surface area (Å²) < 4.78 is 16.4. The number of amides is 2. The predicted octanol–water partition coefficient (Wildman–Crippen LogP) is 6.33. The summed E-state index contributed by atoms with van der Waals surface area (Å²) in [6.07, 6.45) is 8.11. The van der Waals surface area contributed by atoms with E-state index < -0.39 is 12.2 Å².